The van der Waals surface area contributed by atoms with E-state index in [1.807, 2.05) is 0 Å². The van der Waals surface area contributed by atoms with Crippen LogP contribution in [-0.2, 0) is 28.7 Å². The first-order valence-electron chi connectivity index (χ1n) is 28.9. The number of unbranched alkanes of at least 4 members (excludes halogenated alkanes) is 36. The molecule has 8 heteroatoms. The van der Waals surface area contributed by atoms with Crippen LogP contribution in [0, 0.1) is 5.41 Å². The monoisotopic (exact) mass is 937 g/mol. The van der Waals surface area contributed by atoms with Gasteiger partial charge in [0.05, 0.1) is 26.1 Å². The van der Waals surface area contributed by atoms with Gasteiger partial charge in [-0.1, -0.05) is 272 Å². The third-order valence-corrected chi connectivity index (χ3v) is 13.5. The van der Waals surface area contributed by atoms with Crippen molar-refractivity contribution in [1.82, 2.24) is 0 Å². The lowest BCUT2D eigenvalue weighted by Gasteiger charge is -2.31. The van der Waals surface area contributed by atoms with Gasteiger partial charge in [0.2, 0.25) is 0 Å². The van der Waals surface area contributed by atoms with Crippen molar-refractivity contribution in [2.24, 2.45) is 5.41 Å². The molecule has 2 N–H and O–H groups in total. The van der Waals surface area contributed by atoms with Crippen molar-refractivity contribution in [3.63, 3.8) is 0 Å². The van der Waals surface area contributed by atoms with Gasteiger partial charge in [-0.2, -0.15) is 0 Å². The smallest absolute Gasteiger partial charge is 0.305 e. The number of rotatable bonds is 52. The molecule has 0 amide bonds. The Kier molecular flexibility index (Phi) is 53.8. The highest BCUT2D eigenvalue weighted by atomic mass is 16.5. The molecular formula is C58H112O8. The van der Waals surface area contributed by atoms with Gasteiger partial charge in [-0.15, -0.1) is 0 Å². The minimum atomic E-state index is -0.851. The molecule has 0 aromatic rings. The van der Waals surface area contributed by atoms with Crippen LogP contribution in [0.5, 0.6) is 0 Å². The topological polar surface area (TPSA) is 127 Å². The van der Waals surface area contributed by atoms with Gasteiger partial charge >= 0.3 is 23.9 Å². The number of hydrogen-bond donors (Lipinski definition) is 2. The number of hydrogen-bond acceptors (Lipinski definition) is 6. The first-order chi connectivity index (χ1) is 32.2. The Balaban J connectivity index is 0. The van der Waals surface area contributed by atoms with E-state index in [-0.39, 0.29) is 24.8 Å². The van der Waals surface area contributed by atoms with E-state index in [1.165, 1.54) is 205 Å². The Morgan fingerprint density at radius 1 is 0.303 bits per heavy atom. The normalized spacial score (nSPS) is 11.3. The third-order valence-electron chi connectivity index (χ3n) is 13.5. The molecule has 0 aliphatic heterocycles. The largest absolute Gasteiger partial charge is 0.481 e. The average Bonchev–Trinajstić information content (AvgIpc) is 3.28. The minimum absolute atomic E-state index is 0.00580. The minimum Gasteiger partial charge on any atom is -0.481 e. The molecule has 0 fully saturated rings. The van der Waals surface area contributed by atoms with E-state index in [0.717, 1.165) is 64.2 Å². The molecule has 0 unspecified atom stereocenters. The number of aliphatic carboxylic acids is 2. The molecule has 0 aromatic heterocycles. The Labute approximate surface area is 409 Å². The van der Waals surface area contributed by atoms with Gasteiger partial charge in [0.1, 0.15) is 0 Å². The Hall–Kier alpha value is -2.12. The molecule has 0 aliphatic carbocycles. The zero-order valence-corrected chi connectivity index (χ0v) is 44.5. The highest BCUT2D eigenvalue weighted by molar-refractivity contribution is 5.72. The highest BCUT2D eigenvalue weighted by Gasteiger charge is 2.34. The van der Waals surface area contributed by atoms with Crippen LogP contribution < -0.4 is 0 Å². The Bertz CT molecular complexity index is 964. The molecule has 0 aliphatic rings. The van der Waals surface area contributed by atoms with Crippen molar-refractivity contribution in [3.8, 4) is 0 Å². The lowest BCUT2D eigenvalue weighted by atomic mass is 9.72. The van der Waals surface area contributed by atoms with E-state index in [4.69, 9.17) is 9.47 Å². The maximum absolute atomic E-state index is 11.8. The molecule has 0 radical (unpaired) electrons. The fraction of sp³-hybridized carbons (Fsp3) is 0.931. The number of esters is 2. The van der Waals surface area contributed by atoms with Crippen molar-refractivity contribution < 1.29 is 38.9 Å². The zero-order valence-electron chi connectivity index (χ0n) is 44.5. The summed E-state index contributed by atoms with van der Waals surface area (Å²) in [6.07, 6.45) is 52.8. The highest BCUT2D eigenvalue weighted by Crippen LogP contribution is 2.39. The quantitative estimate of drug-likeness (QED) is 0.0456. The molecule has 0 saturated carbocycles. The fourth-order valence-electron chi connectivity index (χ4n) is 9.23. The van der Waals surface area contributed by atoms with E-state index in [9.17, 15) is 29.4 Å². The summed E-state index contributed by atoms with van der Waals surface area (Å²) in [5.41, 5.74) is -0.571. The van der Waals surface area contributed by atoms with Crippen LogP contribution in [0.1, 0.15) is 329 Å². The number of carbonyl (C=O) groups excluding carboxylic acids is 2. The summed E-state index contributed by atoms with van der Waals surface area (Å²) in [4.78, 5) is 46.7. The van der Waals surface area contributed by atoms with Crippen LogP contribution >= 0.6 is 0 Å². The van der Waals surface area contributed by atoms with Gasteiger partial charge in [-0.25, -0.2) is 0 Å². The molecular weight excluding hydrogens is 825 g/mol. The molecule has 0 spiro atoms. The van der Waals surface area contributed by atoms with Crippen molar-refractivity contribution in [2.45, 2.75) is 329 Å². The Morgan fingerprint density at radius 3 is 0.742 bits per heavy atom. The predicted molar refractivity (Wildman–Crippen MR) is 279 cm³/mol. The molecule has 0 atom stereocenters. The van der Waals surface area contributed by atoms with Crippen molar-refractivity contribution >= 4 is 23.9 Å². The van der Waals surface area contributed by atoms with Crippen LogP contribution in [0.4, 0.5) is 0 Å². The summed E-state index contributed by atoms with van der Waals surface area (Å²) < 4.78 is 10.6. The zero-order chi connectivity index (χ0) is 48.9. The molecule has 0 rings (SSSR count). The van der Waals surface area contributed by atoms with Gasteiger partial charge in [0.25, 0.3) is 0 Å². The van der Waals surface area contributed by atoms with E-state index >= 15 is 0 Å². The van der Waals surface area contributed by atoms with E-state index in [0.29, 0.717) is 32.5 Å². The maximum atomic E-state index is 11.8. The summed E-state index contributed by atoms with van der Waals surface area (Å²) in [5.74, 6) is -2.08. The lowest BCUT2D eigenvalue weighted by molar-refractivity contribution is -0.147. The third kappa shape index (κ3) is 52.8. The van der Waals surface area contributed by atoms with Gasteiger partial charge in [0, 0.05) is 12.8 Å². The molecule has 0 heterocycles. The van der Waals surface area contributed by atoms with Gasteiger partial charge in [-0.3, -0.25) is 19.2 Å². The Morgan fingerprint density at radius 2 is 0.515 bits per heavy atom. The van der Waals surface area contributed by atoms with Crippen LogP contribution in [-0.4, -0.2) is 47.3 Å². The first-order valence-corrected chi connectivity index (χ1v) is 28.9. The summed E-state index contributed by atoms with van der Waals surface area (Å²) in [7, 11) is 0. The lowest BCUT2D eigenvalue weighted by Crippen LogP contribution is -2.28. The summed E-state index contributed by atoms with van der Waals surface area (Å²) >= 11 is 0. The molecule has 0 bridgehead atoms. The fourth-order valence-corrected chi connectivity index (χ4v) is 9.23. The van der Waals surface area contributed by atoms with Crippen LogP contribution in [0.15, 0.2) is 0 Å². The number of carboxylic acid groups (broad SMARTS) is 2. The standard InChI is InChI=1S/2C29H56O4/c1-3-5-7-9-11-13-15-17-19-21-26-32-28(30)24-23-25-29(31)33-27-22-20-18-16-14-12-10-8-6-4-2;1-3-5-7-9-11-13-15-17-19-21-23-29(25-27(30)31,26-28(32)33)24-22-20-18-16-14-12-10-8-6-4-2/h3-27H2,1-2H3;3-26H2,1-2H3,(H,30,31)(H,32,33). The second-order valence-electron chi connectivity index (χ2n) is 20.2. The average molecular weight is 938 g/mol. The van der Waals surface area contributed by atoms with Crippen molar-refractivity contribution in [1.29, 1.82) is 0 Å². The van der Waals surface area contributed by atoms with E-state index < -0.39 is 17.4 Å². The summed E-state index contributed by atoms with van der Waals surface area (Å²) in [5, 5.41) is 19.0. The molecule has 0 aromatic carbocycles. The van der Waals surface area contributed by atoms with Crippen molar-refractivity contribution in [2.75, 3.05) is 13.2 Å². The predicted octanol–water partition coefficient (Wildman–Crippen LogP) is 18.6. The first kappa shape index (κ1) is 66.0. The van der Waals surface area contributed by atoms with E-state index in [2.05, 4.69) is 27.7 Å². The second kappa shape index (κ2) is 53.8. The van der Waals surface area contributed by atoms with Crippen LogP contribution in [0.25, 0.3) is 0 Å². The summed E-state index contributed by atoms with van der Waals surface area (Å²) in [6, 6.07) is 0. The number of ether oxygens (including phenoxy) is 2. The SMILES string of the molecule is CCCCCCCCCCCCC(CCCCCCCCCCCC)(CC(=O)O)CC(=O)O.CCCCCCCCCCCCOC(=O)CCCC(=O)OCCCCCCCCCCCC. The van der Waals surface area contributed by atoms with Gasteiger partial charge in [-0.05, 0) is 37.5 Å². The van der Waals surface area contributed by atoms with E-state index in [1.54, 1.807) is 0 Å². The molecule has 392 valence electrons. The maximum Gasteiger partial charge on any atom is 0.305 e. The van der Waals surface area contributed by atoms with Crippen molar-refractivity contribution in [3.05, 3.63) is 0 Å². The molecule has 0 saturated heterocycles. The number of carbonyl (C=O) groups is 4. The second-order valence-corrected chi connectivity index (χ2v) is 20.2. The number of carboxylic acids is 2. The summed E-state index contributed by atoms with van der Waals surface area (Å²) in [6.45, 7) is 10.0. The van der Waals surface area contributed by atoms with Gasteiger partial charge < -0.3 is 19.7 Å². The molecule has 66 heavy (non-hydrogen) atoms. The molecule has 8 nitrogen and oxygen atoms in total. The van der Waals surface area contributed by atoms with Crippen LogP contribution in [0.3, 0.4) is 0 Å². The van der Waals surface area contributed by atoms with Gasteiger partial charge in [0.15, 0.2) is 0 Å². The van der Waals surface area contributed by atoms with Crippen LogP contribution in [0.2, 0.25) is 0 Å².